The molecule has 0 bridgehead atoms. The molecule has 2 aromatic heterocycles. The molecule has 1 N–H and O–H groups in total. The van der Waals surface area contributed by atoms with Gasteiger partial charge in [0.05, 0.1) is 12.7 Å². The summed E-state index contributed by atoms with van der Waals surface area (Å²) in [5.41, 5.74) is 1.22. The molecule has 1 aliphatic heterocycles. The molecule has 1 amide bonds. The molecule has 1 aliphatic rings. The number of benzene rings is 2. The van der Waals surface area contributed by atoms with E-state index in [4.69, 9.17) is 9.72 Å². The third kappa shape index (κ3) is 4.30. The molecule has 4 aromatic rings. The van der Waals surface area contributed by atoms with Crippen LogP contribution in [0.15, 0.2) is 79.1 Å². The van der Waals surface area contributed by atoms with Crippen LogP contribution in [0.1, 0.15) is 10.4 Å². The lowest BCUT2D eigenvalue weighted by Crippen LogP contribution is -2.47. The quantitative estimate of drug-likeness (QED) is 0.502. The molecule has 7 nitrogen and oxygen atoms in total. The van der Waals surface area contributed by atoms with Crippen LogP contribution in [0.2, 0.25) is 0 Å². The van der Waals surface area contributed by atoms with E-state index in [-0.39, 0.29) is 5.91 Å². The molecule has 3 heterocycles. The molecule has 0 aliphatic carbocycles. The molecule has 1 saturated heterocycles. The zero-order chi connectivity index (χ0) is 22.6. The van der Waals surface area contributed by atoms with Crippen LogP contribution in [-0.2, 0) is 0 Å². The van der Waals surface area contributed by atoms with Crippen LogP contribution >= 0.6 is 0 Å². The van der Waals surface area contributed by atoms with Crippen molar-refractivity contribution in [2.75, 3.05) is 48.4 Å². The minimum absolute atomic E-state index is 0.196. The highest BCUT2D eigenvalue weighted by Gasteiger charge is 2.22. The van der Waals surface area contributed by atoms with E-state index in [1.165, 1.54) is 0 Å². The Hall–Kier alpha value is -4.13. The number of hydrogen-bond donors (Lipinski definition) is 1. The van der Waals surface area contributed by atoms with E-state index >= 15 is 0 Å². The van der Waals surface area contributed by atoms with E-state index in [0.717, 1.165) is 48.6 Å². The Bertz CT molecular complexity index is 1270. The van der Waals surface area contributed by atoms with Crippen molar-refractivity contribution in [2.24, 2.45) is 0 Å². The Morgan fingerprint density at radius 1 is 0.879 bits per heavy atom. The fraction of sp³-hybridized carbons (Fsp3) is 0.192. The van der Waals surface area contributed by atoms with Crippen molar-refractivity contribution in [3.8, 4) is 5.75 Å². The van der Waals surface area contributed by atoms with Gasteiger partial charge in [-0.2, -0.15) is 0 Å². The summed E-state index contributed by atoms with van der Waals surface area (Å²) >= 11 is 0. The lowest BCUT2D eigenvalue weighted by molar-refractivity contribution is 0.102. The first-order valence-electron chi connectivity index (χ1n) is 11.0. The first kappa shape index (κ1) is 20.8. The number of methoxy groups -OCH3 is 1. The molecular weight excluding hydrogens is 414 g/mol. The molecule has 33 heavy (non-hydrogen) atoms. The van der Waals surface area contributed by atoms with E-state index in [9.17, 15) is 4.79 Å². The SMILES string of the molecule is COc1cccc(NC(=O)c2cnc(N3CCN(c4ccccn4)CC3)c3ccccc23)c1. The van der Waals surface area contributed by atoms with Crippen LogP contribution in [0.5, 0.6) is 5.75 Å². The van der Waals surface area contributed by atoms with Crippen molar-refractivity contribution in [3.05, 3.63) is 84.7 Å². The van der Waals surface area contributed by atoms with Crippen LogP contribution in [0.3, 0.4) is 0 Å². The molecule has 166 valence electrons. The molecule has 0 unspecified atom stereocenters. The van der Waals surface area contributed by atoms with Gasteiger partial charge < -0.3 is 19.9 Å². The second-order valence-corrected chi connectivity index (χ2v) is 7.89. The summed E-state index contributed by atoms with van der Waals surface area (Å²) in [6.45, 7) is 3.40. The van der Waals surface area contributed by atoms with Crippen LogP contribution in [0.4, 0.5) is 17.3 Å². The van der Waals surface area contributed by atoms with Gasteiger partial charge in [-0.3, -0.25) is 4.79 Å². The molecule has 7 heteroatoms. The van der Waals surface area contributed by atoms with E-state index in [1.807, 2.05) is 66.9 Å². The predicted octanol–water partition coefficient (Wildman–Crippen LogP) is 4.22. The minimum atomic E-state index is -0.196. The van der Waals surface area contributed by atoms with Gasteiger partial charge in [0.15, 0.2) is 0 Å². The number of nitrogens with one attached hydrogen (secondary N) is 1. The number of carbonyl (C=O) groups is 1. The van der Waals surface area contributed by atoms with Crippen LogP contribution < -0.4 is 19.9 Å². The molecule has 2 aromatic carbocycles. The molecule has 0 spiro atoms. The average molecular weight is 440 g/mol. The van der Waals surface area contributed by atoms with Gasteiger partial charge >= 0.3 is 0 Å². The van der Waals surface area contributed by atoms with Gasteiger partial charge in [-0.05, 0) is 29.7 Å². The summed E-state index contributed by atoms with van der Waals surface area (Å²) in [6, 6.07) is 21.3. The Morgan fingerprint density at radius 3 is 2.39 bits per heavy atom. The summed E-state index contributed by atoms with van der Waals surface area (Å²) in [7, 11) is 1.60. The van der Waals surface area contributed by atoms with Crippen LogP contribution in [0, 0.1) is 0 Å². The third-order valence-electron chi connectivity index (χ3n) is 5.90. The van der Waals surface area contributed by atoms with Gasteiger partial charge in [-0.15, -0.1) is 0 Å². The Kier molecular flexibility index (Phi) is 5.76. The summed E-state index contributed by atoms with van der Waals surface area (Å²) in [5, 5.41) is 4.82. The highest BCUT2D eigenvalue weighted by Crippen LogP contribution is 2.29. The first-order chi connectivity index (χ1) is 16.2. The van der Waals surface area contributed by atoms with Crippen molar-refractivity contribution < 1.29 is 9.53 Å². The molecule has 0 radical (unpaired) electrons. The predicted molar refractivity (Wildman–Crippen MR) is 131 cm³/mol. The zero-order valence-electron chi connectivity index (χ0n) is 18.4. The maximum Gasteiger partial charge on any atom is 0.257 e. The van der Waals surface area contributed by atoms with Gasteiger partial charge in [0, 0.05) is 55.7 Å². The van der Waals surface area contributed by atoms with Crippen LogP contribution in [-0.4, -0.2) is 49.2 Å². The largest absolute Gasteiger partial charge is 0.497 e. The van der Waals surface area contributed by atoms with E-state index in [2.05, 4.69) is 20.1 Å². The van der Waals surface area contributed by atoms with Crippen molar-refractivity contribution in [1.82, 2.24) is 9.97 Å². The Labute approximate surface area is 192 Å². The van der Waals surface area contributed by atoms with Crippen molar-refractivity contribution in [2.45, 2.75) is 0 Å². The number of aromatic nitrogens is 2. The highest BCUT2D eigenvalue weighted by molar-refractivity contribution is 6.14. The van der Waals surface area contributed by atoms with Gasteiger partial charge in [0.2, 0.25) is 0 Å². The third-order valence-corrected chi connectivity index (χ3v) is 5.90. The number of anilines is 3. The second kappa shape index (κ2) is 9.16. The summed E-state index contributed by atoms with van der Waals surface area (Å²) in [5.74, 6) is 2.40. The van der Waals surface area contributed by atoms with Gasteiger partial charge in [0.1, 0.15) is 17.4 Å². The second-order valence-electron chi connectivity index (χ2n) is 7.89. The monoisotopic (exact) mass is 439 g/mol. The fourth-order valence-corrected chi connectivity index (χ4v) is 4.20. The number of pyridine rings is 2. The number of amides is 1. The lowest BCUT2D eigenvalue weighted by Gasteiger charge is -2.36. The van der Waals surface area contributed by atoms with Crippen molar-refractivity contribution in [3.63, 3.8) is 0 Å². The highest BCUT2D eigenvalue weighted by atomic mass is 16.5. The Balaban J connectivity index is 1.39. The lowest BCUT2D eigenvalue weighted by atomic mass is 10.1. The van der Waals surface area contributed by atoms with Gasteiger partial charge in [-0.1, -0.05) is 36.4 Å². The topological polar surface area (TPSA) is 70.6 Å². The van der Waals surface area contributed by atoms with Gasteiger partial charge in [0.25, 0.3) is 5.91 Å². The number of ether oxygens (including phenoxy) is 1. The Morgan fingerprint density at radius 2 is 1.64 bits per heavy atom. The maximum atomic E-state index is 13.1. The number of fused-ring (bicyclic) bond motifs is 1. The zero-order valence-corrected chi connectivity index (χ0v) is 18.4. The normalized spacial score (nSPS) is 13.7. The first-order valence-corrected chi connectivity index (χ1v) is 11.0. The van der Waals surface area contributed by atoms with Crippen molar-refractivity contribution in [1.29, 1.82) is 0 Å². The van der Waals surface area contributed by atoms with E-state index < -0.39 is 0 Å². The number of nitrogens with zero attached hydrogens (tertiary/aromatic N) is 4. The minimum Gasteiger partial charge on any atom is -0.497 e. The number of carbonyl (C=O) groups excluding carboxylic acids is 1. The van der Waals surface area contributed by atoms with Gasteiger partial charge in [-0.25, -0.2) is 9.97 Å². The van der Waals surface area contributed by atoms with Crippen molar-refractivity contribution >= 4 is 34.0 Å². The summed E-state index contributed by atoms with van der Waals surface area (Å²) in [6.07, 6.45) is 3.50. The molecular formula is C26H25N5O2. The number of rotatable bonds is 5. The molecule has 5 rings (SSSR count). The molecule has 0 atom stereocenters. The smallest absolute Gasteiger partial charge is 0.257 e. The number of piperazine rings is 1. The fourth-order valence-electron chi connectivity index (χ4n) is 4.20. The van der Waals surface area contributed by atoms with Crippen LogP contribution in [0.25, 0.3) is 10.8 Å². The van der Waals surface area contributed by atoms with E-state index in [1.54, 1.807) is 19.4 Å². The van der Waals surface area contributed by atoms with E-state index in [0.29, 0.717) is 17.0 Å². The number of hydrogen-bond acceptors (Lipinski definition) is 6. The molecule has 0 saturated carbocycles. The maximum absolute atomic E-state index is 13.1. The average Bonchev–Trinajstić information content (AvgIpc) is 2.89. The molecule has 1 fully saturated rings. The standard InChI is InChI=1S/C26H25N5O2/c1-33-20-8-6-7-19(17-20)29-26(32)23-18-28-25(22-10-3-2-9-21(22)23)31-15-13-30(14-16-31)24-11-4-5-12-27-24/h2-12,17-18H,13-16H2,1H3,(H,29,32). The summed E-state index contributed by atoms with van der Waals surface area (Å²) in [4.78, 5) is 26.9. The summed E-state index contributed by atoms with van der Waals surface area (Å²) < 4.78 is 5.25.